The minimum absolute atomic E-state index is 0.699. The van der Waals surface area contributed by atoms with Gasteiger partial charge in [-0.05, 0) is 24.3 Å². The van der Waals surface area contributed by atoms with Crippen molar-refractivity contribution in [2.45, 2.75) is 0 Å². The summed E-state index contributed by atoms with van der Waals surface area (Å²) in [5.41, 5.74) is 2.78. The molecular weight excluding hydrogens is 300 g/mol. The Morgan fingerprint density at radius 1 is 1.14 bits per heavy atom. The Balaban J connectivity index is 1.65. The monoisotopic (exact) mass is 314 g/mol. The van der Waals surface area contributed by atoms with Crippen LogP contribution in [0, 0.1) is 0 Å². The van der Waals surface area contributed by atoms with Crippen molar-refractivity contribution in [3.63, 3.8) is 0 Å². The Morgan fingerprint density at radius 2 is 2.00 bits per heavy atom. The van der Waals surface area contributed by atoms with E-state index in [1.165, 1.54) is 0 Å². The molecule has 1 aliphatic heterocycles. The number of halogens is 1. The second kappa shape index (κ2) is 5.59. The first-order chi connectivity index (χ1) is 10.8. The first kappa shape index (κ1) is 13.5. The van der Waals surface area contributed by atoms with Crippen LogP contribution in [0.2, 0.25) is 5.02 Å². The number of anilines is 1. The van der Waals surface area contributed by atoms with Crippen molar-refractivity contribution in [2.75, 3.05) is 31.2 Å². The van der Waals surface area contributed by atoms with Gasteiger partial charge in [-0.25, -0.2) is 9.97 Å². The third kappa shape index (κ3) is 2.42. The predicted octanol–water partition coefficient (Wildman–Crippen LogP) is 3.11. The minimum atomic E-state index is 0.699. The van der Waals surface area contributed by atoms with E-state index in [2.05, 4.69) is 25.9 Å². The first-order valence-corrected chi connectivity index (χ1v) is 7.61. The average Bonchev–Trinajstić information content (AvgIpc) is 3.02. The van der Waals surface area contributed by atoms with Gasteiger partial charge in [0.1, 0.15) is 11.5 Å². The smallest absolute Gasteiger partial charge is 0.139 e. The molecule has 1 N–H and O–H groups in total. The summed E-state index contributed by atoms with van der Waals surface area (Å²) in [6, 6.07) is 7.91. The molecule has 0 aliphatic carbocycles. The molecule has 22 heavy (non-hydrogen) atoms. The van der Waals surface area contributed by atoms with E-state index in [-0.39, 0.29) is 0 Å². The van der Waals surface area contributed by atoms with E-state index in [0.29, 0.717) is 5.02 Å². The van der Waals surface area contributed by atoms with Gasteiger partial charge in [-0.15, -0.1) is 0 Å². The van der Waals surface area contributed by atoms with Crippen molar-refractivity contribution in [1.29, 1.82) is 0 Å². The highest BCUT2D eigenvalue weighted by atomic mass is 35.5. The van der Waals surface area contributed by atoms with Gasteiger partial charge in [0.05, 0.1) is 18.2 Å². The number of ether oxygens (including phenoxy) is 1. The molecule has 0 spiro atoms. The minimum Gasteiger partial charge on any atom is -0.378 e. The van der Waals surface area contributed by atoms with Crippen LogP contribution in [0.3, 0.4) is 0 Å². The fraction of sp³-hybridized carbons (Fsp3) is 0.250. The molecule has 5 nitrogen and oxygen atoms in total. The molecule has 1 saturated heterocycles. The number of pyridine rings is 2. The molecule has 112 valence electrons. The van der Waals surface area contributed by atoms with Crippen molar-refractivity contribution in [3.05, 3.63) is 41.7 Å². The second-order valence-corrected chi connectivity index (χ2v) is 5.65. The summed E-state index contributed by atoms with van der Waals surface area (Å²) in [6.07, 6.45) is 3.58. The number of nitrogens with one attached hydrogen (secondary N) is 1. The number of aromatic nitrogens is 3. The summed E-state index contributed by atoms with van der Waals surface area (Å²) >= 11 is 6.19. The fourth-order valence-corrected chi connectivity index (χ4v) is 2.88. The zero-order valence-corrected chi connectivity index (χ0v) is 12.7. The van der Waals surface area contributed by atoms with E-state index in [1.54, 1.807) is 12.3 Å². The van der Waals surface area contributed by atoms with E-state index >= 15 is 0 Å². The molecule has 1 fully saturated rings. The SMILES string of the molecule is Clc1ccnc2[nH]c(-c3ccc(N4CCOCC4)nc3)cc12. The largest absolute Gasteiger partial charge is 0.378 e. The molecule has 0 unspecified atom stereocenters. The van der Waals surface area contributed by atoms with Gasteiger partial charge in [0.15, 0.2) is 0 Å². The Labute approximate surface area is 132 Å². The number of aromatic amines is 1. The Bertz CT molecular complexity index is 794. The molecule has 0 amide bonds. The summed E-state index contributed by atoms with van der Waals surface area (Å²) in [4.78, 5) is 14.4. The van der Waals surface area contributed by atoms with Gasteiger partial charge in [-0.3, -0.25) is 0 Å². The van der Waals surface area contributed by atoms with Crippen molar-refractivity contribution in [2.24, 2.45) is 0 Å². The molecule has 4 heterocycles. The van der Waals surface area contributed by atoms with Gasteiger partial charge in [0.25, 0.3) is 0 Å². The number of hydrogen-bond donors (Lipinski definition) is 1. The van der Waals surface area contributed by atoms with Crippen molar-refractivity contribution in [3.8, 4) is 11.3 Å². The zero-order chi connectivity index (χ0) is 14.9. The summed E-state index contributed by atoms with van der Waals surface area (Å²) in [6.45, 7) is 3.29. The van der Waals surface area contributed by atoms with Gasteiger partial charge in [0, 0.05) is 42.1 Å². The van der Waals surface area contributed by atoms with Crippen LogP contribution in [-0.2, 0) is 4.74 Å². The van der Waals surface area contributed by atoms with Crippen LogP contribution >= 0.6 is 11.6 Å². The molecule has 0 radical (unpaired) electrons. The van der Waals surface area contributed by atoms with E-state index in [0.717, 1.165) is 54.4 Å². The molecule has 4 rings (SSSR count). The van der Waals surface area contributed by atoms with Gasteiger partial charge in [0.2, 0.25) is 0 Å². The second-order valence-electron chi connectivity index (χ2n) is 5.24. The standard InChI is InChI=1S/C16H15ClN4O/c17-13-3-4-18-16-12(13)9-14(20-16)11-1-2-15(19-10-11)21-5-7-22-8-6-21/h1-4,9-10H,5-8H2,(H,18,20). The maximum Gasteiger partial charge on any atom is 0.139 e. The van der Waals surface area contributed by atoms with E-state index < -0.39 is 0 Å². The number of nitrogens with zero attached hydrogens (tertiary/aromatic N) is 3. The van der Waals surface area contributed by atoms with Crippen LogP contribution in [0.1, 0.15) is 0 Å². The normalized spacial score (nSPS) is 15.4. The maximum absolute atomic E-state index is 6.19. The van der Waals surface area contributed by atoms with E-state index in [9.17, 15) is 0 Å². The molecule has 0 atom stereocenters. The molecule has 3 aromatic rings. The Morgan fingerprint density at radius 3 is 2.73 bits per heavy atom. The molecule has 6 heteroatoms. The number of hydrogen-bond acceptors (Lipinski definition) is 4. The highest BCUT2D eigenvalue weighted by molar-refractivity contribution is 6.35. The van der Waals surface area contributed by atoms with Crippen molar-refractivity contribution in [1.82, 2.24) is 15.0 Å². The van der Waals surface area contributed by atoms with Crippen LogP contribution in [0.15, 0.2) is 36.7 Å². The lowest BCUT2D eigenvalue weighted by molar-refractivity contribution is 0.122. The van der Waals surface area contributed by atoms with Crippen molar-refractivity contribution >= 4 is 28.5 Å². The fourth-order valence-electron chi connectivity index (χ4n) is 2.67. The van der Waals surface area contributed by atoms with E-state index in [4.69, 9.17) is 16.3 Å². The number of H-pyrrole nitrogens is 1. The number of rotatable bonds is 2. The van der Waals surface area contributed by atoms with Crippen LogP contribution in [0.4, 0.5) is 5.82 Å². The summed E-state index contributed by atoms with van der Waals surface area (Å²) in [7, 11) is 0. The van der Waals surface area contributed by atoms with Crippen LogP contribution in [0.5, 0.6) is 0 Å². The van der Waals surface area contributed by atoms with Gasteiger partial charge in [-0.2, -0.15) is 0 Å². The Hall–Kier alpha value is -2.11. The molecular formula is C16H15ClN4O. The predicted molar refractivity (Wildman–Crippen MR) is 87.4 cm³/mol. The van der Waals surface area contributed by atoms with Crippen LogP contribution < -0.4 is 4.90 Å². The highest BCUT2D eigenvalue weighted by Gasteiger charge is 2.13. The van der Waals surface area contributed by atoms with Gasteiger partial charge < -0.3 is 14.6 Å². The molecule has 0 bridgehead atoms. The summed E-state index contributed by atoms with van der Waals surface area (Å²) in [5, 5.41) is 1.63. The van der Waals surface area contributed by atoms with Crippen molar-refractivity contribution < 1.29 is 4.74 Å². The maximum atomic E-state index is 6.19. The first-order valence-electron chi connectivity index (χ1n) is 7.23. The van der Waals surface area contributed by atoms with E-state index in [1.807, 2.05) is 18.3 Å². The molecule has 0 aromatic carbocycles. The highest BCUT2D eigenvalue weighted by Crippen LogP contribution is 2.28. The summed E-state index contributed by atoms with van der Waals surface area (Å²) < 4.78 is 5.37. The van der Waals surface area contributed by atoms with Crippen LogP contribution in [-0.4, -0.2) is 41.3 Å². The lowest BCUT2D eigenvalue weighted by atomic mass is 10.2. The third-order valence-corrected chi connectivity index (χ3v) is 4.20. The van der Waals surface area contributed by atoms with Gasteiger partial charge in [-0.1, -0.05) is 11.6 Å². The Kier molecular flexibility index (Phi) is 3.44. The topological polar surface area (TPSA) is 54.0 Å². The van der Waals surface area contributed by atoms with Crippen LogP contribution in [0.25, 0.3) is 22.3 Å². The third-order valence-electron chi connectivity index (χ3n) is 3.87. The molecule has 0 saturated carbocycles. The quantitative estimate of drug-likeness (QED) is 0.789. The summed E-state index contributed by atoms with van der Waals surface area (Å²) in [5.74, 6) is 0.985. The lowest BCUT2D eigenvalue weighted by Gasteiger charge is -2.27. The van der Waals surface area contributed by atoms with Gasteiger partial charge >= 0.3 is 0 Å². The number of fused-ring (bicyclic) bond motifs is 1. The average molecular weight is 315 g/mol. The number of morpholine rings is 1. The molecule has 3 aromatic heterocycles. The lowest BCUT2D eigenvalue weighted by Crippen LogP contribution is -2.36. The molecule has 1 aliphatic rings. The zero-order valence-electron chi connectivity index (χ0n) is 11.9.